The maximum Gasteiger partial charge on any atom is 0.0740 e. The third-order valence-electron chi connectivity index (χ3n) is 2.41. The van der Waals surface area contributed by atoms with E-state index in [0.29, 0.717) is 13.2 Å². The van der Waals surface area contributed by atoms with Crippen LogP contribution in [0.5, 0.6) is 0 Å². The smallest absolute Gasteiger partial charge is 0.0740 e. The molecule has 0 heterocycles. The summed E-state index contributed by atoms with van der Waals surface area (Å²) >= 11 is 14.1. The van der Waals surface area contributed by atoms with Crippen molar-refractivity contribution in [3.63, 3.8) is 0 Å². The predicted octanol–water partition coefficient (Wildman–Crippen LogP) is 3.75. The Morgan fingerprint density at radius 3 is 1.40 bits per heavy atom. The van der Waals surface area contributed by atoms with Gasteiger partial charge in [-0.05, 0) is 63.7 Å². The fourth-order valence-corrected chi connectivity index (χ4v) is 4.39. The Hall–Kier alpha value is 0.980. The molecular weight excluding hydrogens is 528 g/mol. The van der Waals surface area contributed by atoms with E-state index in [0.717, 1.165) is 29.0 Å². The Morgan fingerprint density at radius 2 is 1.05 bits per heavy atom. The molecule has 1 aromatic rings. The first kappa shape index (κ1) is 19.0. The molecule has 0 aliphatic carbocycles. The van der Waals surface area contributed by atoms with Gasteiger partial charge in [-0.1, -0.05) is 0 Å². The topological polar surface area (TPSA) is 58.9 Å². The molecule has 0 fully saturated rings. The van der Waals surface area contributed by atoms with Gasteiger partial charge in [0, 0.05) is 29.0 Å². The van der Waals surface area contributed by atoms with Crippen molar-refractivity contribution in [3.8, 4) is 0 Å². The van der Waals surface area contributed by atoms with Crippen molar-refractivity contribution in [2.45, 2.75) is 13.2 Å². The Morgan fingerprint density at radius 1 is 0.650 bits per heavy atom. The van der Waals surface area contributed by atoms with Crippen molar-refractivity contribution < 1.29 is 19.7 Å². The number of halogens is 4. The third kappa shape index (κ3) is 5.01. The second kappa shape index (κ2) is 9.89. The SMILES string of the molecule is OCCOCc1c(Br)c(Br)c(Br)c(COCCO)c1Br. The maximum absolute atomic E-state index is 8.77. The van der Waals surface area contributed by atoms with Crippen LogP contribution in [0.3, 0.4) is 0 Å². The van der Waals surface area contributed by atoms with Crippen LogP contribution in [-0.2, 0) is 22.7 Å². The van der Waals surface area contributed by atoms with Crippen LogP contribution < -0.4 is 0 Å². The molecule has 0 aliphatic heterocycles. The van der Waals surface area contributed by atoms with Crippen LogP contribution in [0, 0.1) is 0 Å². The Balaban J connectivity index is 3.04. The van der Waals surface area contributed by atoms with E-state index < -0.39 is 0 Å². The maximum atomic E-state index is 8.77. The summed E-state index contributed by atoms with van der Waals surface area (Å²) in [4.78, 5) is 0. The highest BCUT2D eigenvalue weighted by Gasteiger charge is 2.19. The molecule has 0 amide bonds. The first-order valence-electron chi connectivity index (χ1n) is 5.75. The summed E-state index contributed by atoms with van der Waals surface area (Å²) in [6.45, 7) is 1.26. The molecule has 0 aliphatic rings. The molecule has 0 aromatic heterocycles. The van der Waals surface area contributed by atoms with Gasteiger partial charge in [0.1, 0.15) is 0 Å². The van der Waals surface area contributed by atoms with Gasteiger partial charge in [0.05, 0.1) is 39.6 Å². The number of rotatable bonds is 8. The lowest BCUT2D eigenvalue weighted by atomic mass is 10.1. The van der Waals surface area contributed by atoms with Gasteiger partial charge < -0.3 is 19.7 Å². The highest BCUT2D eigenvalue weighted by Crippen LogP contribution is 2.42. The zero-order valence-corrected chi connectivity index (χ0v) is 16.8. The number of hydrogen-bond acceptors (Lipinski definition) is 4. The number of aliphatic hydroxyl groups excluding tert-OH is 2. The predicted molar refractivity (Wildman–Crippen MR) is 90.7 cm³/mol. The van der Waals surface area contributed by atoms with Crippen LogP contribution in [0.25, 0.3) is 0 Å². The van der Waals surface area contributed by atoms with Crippen LogP contribution in [0.15, 0.2) is 17.9 Å². The van der Waals surface area contributed by atoms with E-state index >= 15 is 0 Å². The third-order valence-corrected chi connectivity index (χ3v) is 6.97. The summed E-state index contributed by atoms with van der Waals surface area (Å²) in [7, 11) is 0. The minimum absolute atomic E-state index is 0.0145. The van der Waals surface area contributed by atoms with Gasteiger partial charge in [0.15, 0.2) is 0 Å². The van der Waals surface area contributed by atoms with Gasteiger partial charge >= 0.3 is 0 Å². The highest BCUT2D eigenvalue weighted by atomic mass is 79.9. The zero-order chi connectivity index (χ0) is 15.1. The number of benzene rings is 1. The average Bonchev–Trinajstić information content (AvgIpc) is 2.44. The van der Waals surface area contributed by atoms with E-state index in [1.165, 1.54) is 0 Å². The van der Waals surface area contributed by atoms with Crippen molar-refractivity contribution in [3.05, 3.63) is 29.0 Å². The molecule has 0 unspecified atom stereocenters. The van der Waals surface area contributed by atoms with Gasteiger partial charge in [-0.3, -0.25) is 0 Å². The van der Waals surface area contributed by atoms with Crippen LogP contribution in [0.2, 0.25) is 0 Å². The van der Waals surface area contributed by atoms with Crippen LogP contribution in [-0.4, -0.2) is 36.6 Å². The Labute approximate surface area is 151 Å². The molecule has 4 nitrogen and oxygen atoms in total. The monoisotopic (exact) mass is 538 g/mol. The van der Waals surface area contributed by atoms with Crippen molar-refractivity contribution in [2.75, 3.05) is 26.4 Å². The normalized spacial score (nSPS) is 11.1. The minimum atomic E-state index is -0.0145. The van der Waals surface area contributed by atoms with E-state index in [1.807, 2.05) is 0 Å². The second-order valence-corrected chi connectivity index (χ2v) is 6.94. The Kier molecular flexibility index (Phi) is 9.41. The van der Waals surface area contributed by atoms with Crippen LogP contribution in [0.4, 0.5) is 0 Å². The van der Waals surface area contributed by atoms with Crippen molar-refractivity contribution in [2.24, 2.45) is 0 Å². The van der Waals surface area contributed by atoms with E-state index in [-0.39, 0.29) is 26.4 Å². The first-order valence-corrected chi connectivity index (χ1v) is 8.92. The summed E-state index contributed by atoms with van der Waals surface area (Å²) in [5.74, 6) is 0. The lowest BCUT2D eigenvalue weighted by Crippen LogP contribution is -2.06. The summed E-state index contributed by atoms with van der Waals surface area (Å²) in [5, 5.41) is 17.5. The summed E-state index contributed by atoms with van der Waals surface area (Å²) in [6.07, 6.45) is 0. The first-order chi connectivity index (χ1) is 9.54. The lowest BCUT2D eigenvalue weighted by Gasteiger charge is -2.17. The molecule has 0 saturated heterocycles. The largest absolute Gasteiger partial charge is 0.394 e. The lowest BCUT2D eigenvalue weighted by molar-refractivity contribution is 0.0776. The molecule has 0 atom stereocenters. The van der Waals surface area contributed by atoms with Crippen molar-refractivity contribution in [1.82, 2.24) is 0 Å². The van der Waals surface area contributed by atoms with Gasteiger partial charge in [0.25, 0.3) is 0 Å². The standard InChI is InChI=1S/C12H14Br4O4/c13-9-7(5-19-3-1-17)10(14)12(16)11(15)8(9)6-20-4-2-18/h17-18H,1-6H2. The van der Waals surface area contributed by atoms with Crippen molar-refractivity contribution in [1.29, 1.82) is 0 Å². The molecule has 0 bridgehead atoms. The molecular formula is C12H14Br4O4. The quantitative estimate of drug-likeness (QED) is 0.299. The van der Waals surface area contributed by atoms with E-state index in [9.17, 15) is 0 Å². The molecule has 0 saturated carbocycles. The van der Waals surface area contributed by atoms with Crippen LogP contribution in [0.1, 0.15) is 11.1 Å². The highest BCUT2D eigenvalue weighted by molar-refractivity contribution is 9.14. The fraction of sp³-hybridized carbons (Fsp3) is 0.500. The molecule has 0 spiro atoms. The molecule has 1 aromatic carbocycles. The molecule has 8 heteroatoms. The number of ether oxygens (including phenoxy) is 2. The minimum Gasteiger partial charge on any atom is -0.394 e. The van der Waals surface area contributed by atoms with Gasteiger partial charge in [-0.25, -0.2) is 0 Å². The fourth-order valence-electron chi connectivity index (χ4n) is 1.47. The second-order valence-electron chi connectivity index (χ2n) is 3.77. The van der Waals surface area contributed by atoms with Crippen LogP contribution >= 0.6 is 63.7 Å². The Bertz CT molecular complexity index is 417. The molecule has 114 valence electrons. The number of hydrogen-bond donors (Lipinski definition) is 2. The molecule has 20 heavy (non-hydrogen) atoms. The van der Waals surface area contributed by atoms with E-state index in [4.69, 9.17) is 19.7 Å². The van der Waals surface area contributed by atoms with E-state index in [2.05, 4.69) is 63.7 Å². The van der Waals surface area contributed by atoms with Crippen molar-refractivity contribution >= 4 is 63.7 Å². The van der Waals surface area contributed by atoms with Gasteiger partial charge in [-0.2, -0.15) is 0 Å². The molecule has 1 rings (SSSR count). The van der Waals surface area contributed by atoms with Gasteiger partial charge in [0.2, 0.25) is 0 Å². The van der Waals surface area contributed by atoms with Gasteiger partial charge in [-0.15, -0.1) is 0 Å². The summed E-state index contributed by atoms with van der Waals surface area (Å²) < 4.78 is 14.2. The zero-order valence-electron chi connectivity index (χ0n) is 10.5. The average molecular weight is 542 g/mol. The molecule has 2 N–H and O–H groups in total. The summed E-state index contributed by atoms with van der Waals surface area (Å²) in [5.41, 5.74) is 1.85. The van der Waals surface area contributed by atoms with E-state index in [1.54, 1.807) is 0 Å². The molecule has 0 radical (unpaired) electrons. The number of aliphatic hydroxyl groups is 2. The summed E-state index contributed by atoms with van der Waals surface area (Å²) in [6, 6.07) is 0.